The minimum atomic E-state index is -0.214. The number of furan rings is 1. The molecule has 1 N–H and O–H groups in total. The quantitative estimate of drug-likeness (QED) is 0.840. The SMILES string of the molecule is Cc1cc(N2CCN(C)CC2)ccc1NC(=O)C1CCCN(C(=O)c2ccco2)C1. The second kappa shape index (κ2) is 8.92. The molecule has 4 rings (SSSR count). The van der Waals surface area contributed by atoms with Gasteiger partial charge in [0.05, 0.1) is 12.2 Å². The van der Waals surface area contributed by atoms with Gasteiger partial charge in [-0.2, -0.15) is 0 Å². The number of hydrogen-bond acceptors (Lipinski definition) is 5. The fraction of sp³-hybridized carbons (Fsp3) is 0.478. The smallest absolute Gasteiger partial charge is 0.289 e. The number of rotatable bonds is 4. The average Bonchev–Trinajstić information content (AvgIpc) is 3.30. The maximum absolute atomic E-state index is 12.9. The predicted molar refractivity (Wildman–Crippen MR) is 117 cm³/mol. The number of piperidine rings is 1. The first-order chi connectivity index (χ1) is 14.5. The number of anilines is 2. The summed E-state index contributed by atoms with van der Waals surface area (Å²) < 4.78 is 5.22. The largest absolute Gasteiger partial charge is 0.459 e. The highest BCUT2D eigenvalue weighted by Crippen LogP contribution is 2.26. The Labute approximate surface area is 177 Å². The lowest BCUT2D eigenvalue weighted by atomic mass is 9.96. The van der Waals surface area contributed by atoms with Crippen molar-refractivity contribution in [2.24, 2.45) is 5.92 Å². The molecule has 1 atom stereocenters. The van der Waals surface area contributed by atoms with Gasteiger partial charge in [-0.3, -0.25) is 9.59 Å². The number of nitrogens with one attached hydrogen (secondary N) is 1. The number of likely N-dealkylation sites (tertiary alicyclic amines) is 1. The fourth-order valence-electron chi connectivity index (χ4n) is 4.22. The van der Waals surface area contributed by atoms with Crippen LogP contribution in [-0.2, 0) is 4.79 Å². The van der Waals surface area contributed by atoms with Crippen molar-refractivity contribution in [2.75, 3.05) is 56.5 Å². The summed E-state index contributed by atoms with van der Waals surface area (Å²) in [6, 6.07) is 9.60. The monoisotopic (exact) mass is 410 g/mol. The number of nitrogens with zero attached hydrogens (tertiary/aromatic N) is 3. The van der Waals surface area contributed by atoms with Gasteiger partial charge >= 0.3 is 0 Å². The van der Waals surface area contributed by atoms with E-state index in [-0.39, 0.29) is 17.7 Å². The van der Waals surface area contributed by atoms with Crippen LogP contribution in [-0.4, -0.2) is 67.9 Å². The first-order valence-electron chi connectivity index (χ1n) is 10.7. The van der Waals surface area contributed by atoms with E-state index < -0.39 is 0 Å². The Hall–Kier alpha value is -2.80. The number of amides is 2. The lowest BCUT2D eigenvalue weighted by Gasteiger charge is -2.34. The Morgan fingerprint density at radius 1 is 1.10 bits per heavy atom. The molecule has 0 aliphatic carbocycles. The van der Waals surface area contributed by atoms with Gasteiger partial charge in [0, 0.05) is 50.6 Å². The Morgan fingerprint density at radius 3 is 2.60 bits per heavy atom. The minimum absolute atomic E-state index is 0.0256. The standard InChI is InChI=1S/C23H30N4O3/c1-17-15-19(26-12-10-25(2)11-13-26)7-8-20(17)24-22(28)18-5-3-9-27(16-18)23(29)21-6-4-14-30-21/h4,6-8,14-15,18H,3,5,9-13,16H2,1-2H3,(H,24,28). The highest BCUT2D eigenvalue weighted by atomic mass is 16.3. The molecule has 0 bridgehead atoms. The van der Waals surface area contributed by atoms with Crippen LogP contribution in [0.1, 0.15) is 29.0 Å². The van der Waals surface area contributed by atoms with Crippen molar-refractivity contribution in [2.45, 2.75) is 19.8 Å². The molecule has 3 heterocycles. The van der Waals surface area contributed by atoms with E-state index in [9.17, 15) is 9.59 Å². The summed E-state index contributed by atoms with van der Waals surface area (Å²) in [6.45, 7) is 7.26. The minimum Gasteiger partial charge on any atom is -0.459 e. The number of likely N-dealkylation sites (N-methyl/N-ethyl adjacent to an activating group) is 1. The van der Waals surface area contributed by atoms with Crippen molar-refractivity contribution in [1.29, 1.82) is 0 Å². The van der Waals surface area contributed by atoms with Crippen molar-refractivity contribution < 1.29 is 14.0 Å². The summed E-state index contributed by atoms with van der Waals surface area (Å²) in [4.78, 5) is 31.9. The topological polar surface area (TPSA) is 69.0 Å². The lowest BCUT2D eigenvalue weighted by Crippen LogP contribution is -2.44. The van der Waals surface area contributed by atoms with Gasteiger partial charge in [-0.25, -0.2) is 0 Å². The molecule has 2 saturated heterocycles. The van der Waals surface area contributed by atoms with Gasteiger partial charge in [0.15, 0.2) is 5.76 Å². The van der Waals surface area contributed by atoms with Crippen LogP contribution in [0.5, 0.6) is 0 Å². The van der Waals surface area contributed by atoms with Gasteiger partial charge in [0.2, 0.25) is 5.91 Å². The lowest BCUT2D eigenvalue weighted by molar-refractivity contribution is -0.121. The maximum atomic E-state index is 12.9. The summed E-state index contributed by atoms with van der Waals surface area (Å²) in [7, 11) is 2.15. The van der Waals surface area contributed by atoms with Gasteiger partial charge in [0.25, 0.3) is 5.91 Å². The molecule has 0 spiro atoms. The van der Waals surface area contributed by atoms with E-state index in [0.717, 1.165) is 50.3 Å². The van der Waals surface area contributed by atoms with Crippen LogP contribution in [0.2, 0.25) is 0 Å². The second-order valence-electron chi connectivity index (χ2n) is 8.35. The van der Waals surface area contributed by atoms with Gasteiger partial charge in [-0.15, -0.1) is 0 Å². The molecule has 2 fully saturated rings. The third kappa shape index (κ3) is 4.51. The molecule has 160 valence electrons. The van der Waals surface area contributed by atoms with Crippen LogP contribution in [0.15, 0.2) is 41.0 Å². The molecular weight excluding hydrogens is 380 g/mol. The molecule has 0 saturated carbocycles. The second-order valence-corrected chi connectivity index (χ2v) is 8.35. The average molecular weight is 411 g/mol. The molecule has 2 aliphatic heterocycles. The zero-order valence-electron chi connectivity index (χ0n) is 17.8. The summed E-state index contributed by atoms with van der Waals surface area (Å²) in [5.41, 5.74) is 3.10. The Balaban J connectivity index is 1.38. The Bertz CT molecular complexity index is 888. The van der Waals surface area contributed by atoms with Crippen molar-refractivity contribution in [3.8, 4) is 0 Å². The van der Waals surface area contributed by atoms with Gasteiger partial charge in [0.1, 0.15) is 0 Å². The summed E-state index contributed by atoms with van der Waals surface area (Å²) >= 11 is 0. The number of benzene rings is 1. The number of aryl methyl sites for hydroxylation is 1. The third-order valence-corrected chi connectivity index (χ3v) is 6.15. The van der Waals surface area contributed by atoms with Crippen LogP contribution < -0.4 is 10.2 Å². The molecule has 2 aromatic rings. The van der Waals surface area contributed by atoms with E-state index in [2.05, 4.69) is 34.3 Å². The van der Waals surface area contributed by atoms with E-state index in [1.807, 2.05) is 13.0 Å². The molecule has 2 aliphatic rings. The third-order valence-electron chi connectivity index (χ3n) is 6.15. The van der Waals surface area contributed by atoms with Gasteiger partial charge < -0.3 is 24.4 Å². The molecule has 1 aromatic heterocycles. The van der Waals surface area contributed by atoms with Crippen molar-refractivity contribution in [1.82, 2.24) is 9.80 Å². The highest BCUT2D eigenvalue weighted by molar-refractivity contribution is 5.95. The van der Waals surface area contributed by atoms with Crippen LogP contribution >= 0.6 is 0 Å². The number of piperazine rings is 1. The molecular formula is C23H30N4O3. The van der Waals surface area contributed by atoms with Crippen LogP contribution in [0.3, 0.4) is 0 Å². The normalized spacial score (nSPS) is 20.3. The zero-order valence-corrected chi connectivity index (χ0v) is 17.8. The number of carbonyl (C=O) groups is 2. The first kappa shape index (κ1) is 20.5. The first-order valence-corrected chi connectivity index (χ1v) is 10.7. The predicted octanol–water partition coefficient (Wildman–Crippen LogP) is 2.83. The summed E-state index contributed by atoms with van der Waals surface area (Å²) in [5, 5.41) is 3.08. The molecule has 1 unspecified atom stereocenters. The summed E-state index contributed by atoms with van der Waals surface area (Å²) in [6.07, 6.45) is 3.09. The van der Waals surface area contributed by atoms with E-state index in [0.29, 0.717) is 18.8 Å². The molecule has 30 heavy (non-hydrogen) atoms. The highest BCUT2D eigenvalue weighted by Gasteiger charge is 2.30. The van der Waals surface area contributed by atoms with Crippen LogP contribution in [0.25, 0.3) is 0 Å². The van der Waals surface area contributed by atoms with E-state index in [1.165, 1.54) is 12.0 Å². The number of hydrogen-bond donors (Lipinski definition) is 1. The fourth-order valence-corrected chi connectivity index (χ4v) is 4.22. The van der Waals surface area contributed by atoms with E-state index >= 15 is 0 Å². The Kier molecular flexibility index (Phi) is 6.08. The van der Waals surface area contributed by atoms with Gasteiger partial charge in [-0.1, -0.05) is 0 Å². The van der Waals surface area contributed by atoms with Crippen molar-refractivity contribution >= 4 is 23.2 Å². The van der Waals surface area contributed by atoms with E-state index in [4.69, 9.17) is 4.42 Å². The zero-order chi connectivity index (χ0) is 21.1. The molecule has 7 heteroatoms. The van der Waals surface area contributed by atoms with Crippen LogP contribution in [0.4, 0.5) is 11.4 Å². The molecule has 7 nitrogen and oxygen atoms in total. The van der Waals surface area contributed by atoms with Crippen molar-refractivity contribution in [3.05, 3.63) is 47.9 Å². The van der Waals surface area contributed by atoms with Crippen LogP contribution in [0, 0.1) is 12.8 Å². The van der Waals surface area contributed by atoms with Crippen molar-refractivity contribution in [3.63, 3.8) is 0 Å². The van der Waals surface area contributed by atoms with E-state index in [1.54, 1.807) is 17.0 Å². The van der Waals surface area contributed by atoms with Gasteiger partial charge in [-0.05, 0) is 62.7 Å². The maximum Gasteiger partial charge on any atom is 0.289 e. The molecule has 0 radical (unpaired) electrons. The summed E-state index contributed by atoms with van der Waals surface area (Å²) in [5.74, 6) is -0.0617. The number of carbonyl (C=O) groups excluding carboxylic acids is 2. The Morgan fingerprint density at radius 2 is 1.90 bits per heavy atom. The molecule has 1 aromatic carbocycles. The molecule has 2 amide bonds.